The van der Waals surface area contributed by atoms with E-state index in [1.807, 2.05) is 38.1 Å². The van der Waals surface area contributed by atoms with Crippen LogP contribution in [0.2, 0.25) is 0 Å². The van der Waals surface area contributed by atoms with E-state index < -0.39 is 0 Å². The van der Waals surface area contributed by atoms with Gasteiger partial charge in [-0.2, -0.15) is 4.98 Å². The third kappa shape index (κ3) is 3.45. The molecular weight excluding hydrogens is 416 g/mol. The van der Waals surface area contributed by atoms with Crippen LogP contribution in [0.15, 0.2) is 52.0 Å². The molecule has 9 heteroatoms. The summed E-state index contributed by atoms with van der Waals surface area (Å²) >= 11 is 3.03. The standard InChI is InChI=1S/C21H18N6OS2/c1-12-9-13(2)27-20(22-12)25-21(26-27)30-19-17-15(14-7-5-4-6-8-14)11-29-18(17)23-16(24-19)10-28-3/h4-9,11H,10H2,1-3H3. The van der Waals surface area contributed by atoms with Gasteiger partial charge in [0.2, 0.25) is 5.16 Å². The summed E-state index contributed by atoms with van der Waals surface area (Å²) in [6.45, 7) is 4.30. The van der Waals surface area contributed by atoms with E-state index in [1.165, 1.54) is 11.8 Å². The molecule has 30 heavy (non-hydrogen) atoms. The summed E-state index contributed by atoms with van der Waals surface area (Å²) in [7, 11) is 1.64. The highest BCUT2D eigenvalue weighted by Gasteiger charge is 2.18. The molecule has 0 atom stereocenters. The van der Waals surface area contributed by atoms with Gasteiger partial charge in [-0.3, -0.25) is 0 Å². The van der Waals surface area contributed by atoms with Gasteiger partial charge in [0.15, 0.2) is 5.82 Å². The highest BCUT2D eigenvalue weighted by molar-refractivity contribution is 7.99. The van der Waals surface area contributed by atoms with Crippen LogP contribution in [0.5, 0.6) is 0 Å². The second kappa shape index (κ2) is 7.75. The molecule has 0 bridgehead atoms. The van der Waals surface area contributed by atoms with E-state index in [1.54, 1.807) is 23.0 Å². The number of aryl methyl sites for hydroxylation is 2. The molecule has 0 fully saturated rings. The lowest BCUT2D eigenvalue weighted by Crippen LogP contribution is -1.99. The van der Waals surface area contributed by atoms with Gasteiger partial charge in [-0.15, -0.1) is 16.4 Å². The van der Waals surface area contributed by atoms with Gasteiger partial charge in [0, 0.05) is 29.4 Å². The second-order valence-corrected chi connectivity index (χ2v) is 8.63. The Morgan fingerprint density at radius 2 is 1.90 bits per heavy atom. The summed E-state index contributed by atoms with van der Waals surface area (Å²) in [6.07, 6.45) is 0. The van der Waals surface area contributed by atoms with Crippen LogP contribution in [0.25, 0.3) is 27.1 Å². The maximum absolute atomic E-state index is 5.28. The van der Waals surface area contributed by atoms with Crippen LogP contribution in [0.1, 0.15) is 17.2 Å². The lowest BCUT2D eigenvalue weighted by atomic mass is 10.1. The minimum Gasteiger partial charge on any atom is -0.377 e. The van der Waals surface area contributed by atoms with Gasteiger partial charge in [0.1, 0.15) is 16.5 Å². The van der Waals surface area contributed by atoms with E-state index in [4.69, 9.17) is 14.7 Å². The van der Waals surface area contributed by atoms with Crippen molar-refractivity contribution < 1.29 is 4.74 Å². The first-order valence-electron chi connectivity index (χ1n) is 9.33. The maximum atomic E-state index is 5.28. The zero-order valence-corrected chi connectivity index (χ0v) is 18.3. The van der Waals surface area contributed by atoms with Crippen LogP contribution < -0.4 is 0 Å². The van der Waals surface area contributed by atoms with Crippen molar-refractivity contribution in [2.75, 3.05) is 7.11 Å². The van der Waals surface area contributed by atoms with E-state index in [0.717, 1.165) is 37.8 Å². The fraction of sp³-hybridized carbons (Fsp3) is 0.190. The molecule has 0 unspecified atom stereocenters. The predicted molar refractivity (Wildman–Crippen MR) is 118 cm³/mol. The van der Waals surface area contributed by atoms with Crippen LogP contribution in [0.4, 0.5) is 0 Å². The van der Waals surface area contributed by atoms with Crippen LogP contribution >= 0.6 is 23.1 Å². The van der Waals surface area contributed by atoms with E-state index in [2.05, 4.69) is 32.6 Å². The third-order valence-corrected chi connectivity index (χ3v) is 6.31. The number of methoxy groups -OCH3 is 1. The van der Waals surface area contributed by atoms with Crippen molar-refractivity contribution in [2.24, 2.45) is 0 Å². The van der Waals surface area contributed by atoms with Crippen molar-refractivity contribution in [1.82, 2.24) is 29.5 Å². The lowest BCUT2D eigenvalue weighted by Gasteiger charge is -2.06. The minimum atomic E-state index is 0.348. The first-order chi connectivity index (χ1) is 14.6. The average molecular weight is 435 g/mol. The van der Waals surface area contributed by atoms with E-state index in [9.17, 15) is 0 Å². The van der Waals surface area contributed by atoms with E-state index in [-0.39, 0.29) is 0 Å². The number of hydrogen-bond acceptors (Lipinski definition) is 8. The largest absolute Gasteiger partial charge is 0.377 e. The van der Waals surface area contributed by atoms with Crippen molar-refractivity contribution in [3.63, 3.8) is 0 Å². The van der Waals surface area contributed by atoms with Gasteiger partial charge < -0.3 is 4.74 Å². The predicted octanol–water partition coefficient (Wildman–Crippen LogP) is 4.71. The third-order valence-electron chi connectivity index (χ3n) is 4.59. The molecule has 0 amide bonds. The van der Waals surface area contributed by atoms with Gasteiger partial charge >= 0.3 is 0 Å². The van der Waals surface area contributed by atoms with Gasteiger partial charge in [-0.05, 0) is 37.2 Å². The molecule has 0 radical (unpaired) electrons. The zero-order chi connectivity index (χ0) is 20.7. The fourth-order valence-electron chi connectivity index (χ4n) is 3.33. The lowest BCUT2D eigenvalue weighted by molar-refractivity contribution is 0.177. The Kier molecular flexibility index (Phi) is 4.93. The molecule has 5 aromatic rings. The number of nitrogens with zero attached hydrogens (tertiary/aromatic N) is 6. The molecule has 0 spiro atoms. The molecule has 0 saturated carbocycles. The zero-order valence-electron chi connectivity index (χ0n) is 16.7. The van der Waals surface area contributed by atoms with E-state index >= 15 is 0 Å². The van der Waals surface area contributed by atoms with Crippen molar-refractivity contribution in [3.8, 4) is 11.1 Å². The maximum Gasteiger partial charge on any atom is 0.253 e. The van der Waals surface area contributed by atoms with Crippen molar-refractivity contribution in [3.05, 3.63) is 59.0 Å². The van der Waals surface area contributed by atoms with Crippen molar-refractivity contribution in [1.29, 1.82) is 0 Å². The first-order valence-corrected chi connectivity index (χ1v) is 11.0. The monoisotopic (exact) mass is 434 g/mol. The number of benzene rings is 1. The van der Waals surface area contributed by atoms with Crippen LogP contribution in [0, 0.1) is 13.8 Å². The van der Waals surface area contributed by atoms with Gasteiger partial charge in [0.05, 0.1) is 5.39 Å². The SMILES string of the molecule is COCc1nc(Sc2nc3nc(C)cc(C)n3n2)c2c(-c3ccccc3)csc2n1. The number of rotatable bonds is 5. The number of thiophene rings is 1. The molecular formula is C21H18N6OS2. The summed E-state index contributed by atoms with van der Waals surface area (Å²) in [5.74, 6) is 1.23. The average Bonchev–Trinajstić information content (AvgIpc) is 3.33. The summed E-state index contributed by atoms with van der Waals surface area (Å²) in [4.78, 5) is 19.5. The first kappa shape index (κ1) is 19.1. The Morgan fingerprint density at radius 3 is 2.70 bits per heavy atom. The van der Waals surface area contributed by atoms with Crippen molar-refractivity contribution in [2.45, 2.75) is 30.6 Å². The number of ether oxygens (including phenoxy) is 1. The van der Waals surface area contributed by atoms with Gasteiger partial charge in [-0.25, -0.2) is 19.5 Å². The van der Waals surface area contributed by atoms with Crippen LogP contribution in [-0.2, 0) is 11.3 Å². The molecule has 0 aliphatic heterocycles. The van der Waals surface area contributed by atoms with Crippen LogP contribution in [0.3, 0.4) is 0 Å². The molecule has 0 aliphatic rings. The minimum absolute atomic E-state index is 0.348. The second-order valence-electron chi connectivity index (χ2n) is 6.82. The quantitative estimate of drug-likeness (QED) is 0.371. The number of aromatic nitrogens is 6. The molecule has 0 aliphatic carbocycles. The Labute approximate surface area is 181 Å². The normalized spacial score (nSPS) is 11.6. The molecule has 0 saturated heterocycles. The highest BCUT2D eigenvalue weighted by atomic mass is 32.2. The molecule has 0 N–H and O–H groups in total. The highest BCUT2D eigenvalue weighted by Crippen LogP contribution is 2.40. The molecule has 1 aromatic carbocycles. The summed E-state index contributed by atoms with van der Waals surface area (Å²) in [5.41, 5.74) is 4.14. The molecule has 4 heterocycles. The Balaban J connectivity index is 1.66. The van der Waals surface area contributed by atoms with Gasteiger partial charge in [-0.1, -0.05) is 30.3 Å². The molecule has 4 aromatic heterocycles. The number of hydrogen-bond donors (Lipinski definition) is 0. The number of fused-ring (bicyclic) bond motifs is 2. The fourth-order valence-corrected chi connectivity index (χ4v) is 5.24. The Morgan fingerprint density at radius 1 is 1.07 bits per heavy atom. The Hall–Kier alpha value is -2.88. The van der Waals surface area contributed by atoms with Crippen LogP contribution in [-0.4, -0.2) is 36.7 Å². The Bertz CT molecular complexity index is 1360. The molecule has 150 valence electrons. The van der Waals surface area contributed by atoms with E-state index in [0.29, 0.717) is 23.4 Å². The van der Waals surface area contributed by atoms with Crippen molar-refractivity contribution >= 4 is 39.1 Å². The smallest absolute Gasteiger partial charge is 0.253 e. The summed E-state index contributed by atoms with van der Waals surface area (Å²) in [6, 6.07) is 12.3. The summed E-state index contributed by atoms with van der Waals surface area (Å²) in [5, 5.41) is 9.19. The topological polar surface area (TPSA) is 78.1 Å². The molecule has 7 nitrogen and oxygen atoms in total. The molecule has 5 rings (SSSR count). The summed E-state index contributed by atoms with van der Waals surface area (Å²) < 4.78 is 7.03. The van der Waals surface area contributed by atoms with Gasteiger partial charge in [0.25, 0.3) is 5.78 Å².